The number of benzene rings is 1. The third-order valence-electron chi connectivity index (χ3n) is 4.70. The number of rotatable bonds is 3. The molecule has 0 aliphatic carbocycles. The van der Waals surface area contributed by atoms with Gasteiger partial charge in [-0.3, -0.25) is 4.79 Å². The van der Waals surface area contributed by atoms with Gasteiger partial charge in [0.1, 0.15) is 0 Å². The third kappa shape index (κ3) is 3.66. The Morgan fingerprint density at radius 3 is 2.59 bits per heavy atom. The summed E-state index contributed by atoms with van der Waals surface area (Å²) in [6.07, 6.45) is 2.44. The van der Waals surface area contributed by atoms with Gasteiger partial charge >= 0.3 is 0 Å². The van der Waals surface area contributed by atoms with E-state index in [1.807, 2.05) is 35.2 Å². The Bertz CT molecular complexity index is 486. The Hall–Kier alpha value is -1.43. The molecule has 0 aromatic heterocycles. The summed E-state index contributed by atoms with van der Waals surface area (Å²) in [6.45, 7) is 3.27. The number of carbonyl (C=O) groups excluding carboxylic acids is 1. The van der Waals surface area contributed by atoms with Crippen LogP contribution in [0.15, 0.2) is 30.3 Å². The molecule has 2 aliphatic heterocycles. The molecule has 120 valence electrons. The van der Waals surface area contributed by atoms with Crippen molar-refractivity contribution in [3.8, 4) is 0 Å². The van der Waals surface area contributed by atoms with Gasteiger partial charge in [-0.15, -0.1) is 0 Å². The molecule has 3 N–H and O–H groups in total. The lowest BCUT2D eigenvalue weighted by molar-refractivity contribution is 0.0648. The van der Waals surface area contributed by atoms with E-state index >= 15 is 0 Å². The van der Waals surface area contributed by atoms with Gasteiger partial charge in [0.05, 0.1) is 6.10 Å². The molecule has 2 heterocycles. The summed E-state index contributed by atoms with van der Waals surface area (Å²) >= 11 is 0. The Kier molecular flexibility index (Phi) is 5.08. The molecule has 0 saturated carbocycles. The minimum absolute atomic E-state index is 0.124. The number of nitrogens with zero attached hydrogens (tertiary/aromatic N) is 1. The quantitative estimate of drug-likeness (QED) is 0.765. The van der Waals surface area contributed by atoms with Crippen LogP contribution in [0.1, 0.15) is 29.6 Å². The highest BCUT2D eigenvalue weighted by Gasteiger charge is 2.28. The highest BCUT2D eigenvalue weighted by atomic mass is 16.3. The van der Waals surface area contributed by atoms with Crippen molar-refractivity contribution in [3.63, 3.8) is 0 Å². The molecule has 22 heavy (non-hydrogen) atoms. The molecule has 1 aromatic rings. The first-order valence-corrected chi connectivity index (χ1v) is 8.23. The van der Waals surface area contributed by atoms with Crippen molar-refractivity contribution in [1.82, 2.24) is 15.5 Å². The predicted molar refractivity (Wildman–Crippen MR) is 85.8 cm³/mol. The highest BCUT2D eigenvalue weighted by Crippen LogP contribution is 2.15. The topological polar surface area (TPSA) is 64.6 Å². The second kappa shape index (κ2) is 7.22. The molecule has 0 bridgehead atoms. The summed E-state index contributed by atoms with van der Waals surface area (Å²) in [5.41, 5.74) is 0.765. The minimum atomic E-state index is -0.259. The van der Waals surface area contributed by atoms with E-state index in [0.717, 1.165) is 51.0 Å². The van der Waals surface area contributed by atoms with Crippen LogP contribution in [0, 0.1) is 0 Å². The monoisotopic (exact) mass is 303 g/mol. The predicted octanol–water partition coefficient (Wildman–Crippen LogP) is 0.604. The second-order valence-electron chi connectivity index (χ2n) is 6.27. The molecule has 3 rings (SSSR count). The summed E-state index contributed by atoms with van der Waals surface area (Å²) in [5, 5.41) is 16.9. The lowest BCUT2D eigenvalue weighted by Gasteiger charge is -2.37. The van der Waals surface area contributed by atoms with Gasteiger partial charge < -0.3 is 20.6 Å². The number of piperidine rings is 2. The van der Waals surface area contributed by atoms with Crippen LogP contribution < -0.4 is 10.6 Å². The summed E-state index contributed by atoms with van der Waals surface area (Å²) in [7, 11) is 0. The lowest BCUT2D eigenvalue weighted by atomic mass is 9.98. The van der Waals surface area contributed by atoms with E-state index in [-0.39, 0.29) is 18.1 Å². The highest BCUT2D eigenvalue weighted by molar-refractivity contribution is 5.94. The summed E-state index contributed by atoms with van der Waals surface area (Å²) in [4.78, 5) is 14.3. The Morgan fingerprint density at radius 2 is 1.91 bits per heavy atom. The molecule has 2 atom stereocenters. The Labute approximate surface area is 131 Å². The molecule has 5 heteroatoms. The van der Waals surface area contributed by atoms with Crippen LogP contribution in [-0.2, 0) is 0 Å². The smallest absolute Gasteiger partial charge is 0.253 e. The number of nitrogens with one attached hydrogen (secondary N) is 2. The maximum atomic E-state index is 12.4. The number of hydrogen-bond donors (Lipinski definition) is 3. The average molecular weight is 303 g/mol. The van der Waals surface area contributed by atoms with Gasteiger partial charge in [-0.1, -0.05) is 18.2 Å². The SMILES string of the molecule is O=C(c1ccccc1)N1CCC(N[C@H]2CNCC[C@H]2O)CC1. The van der Waals surface area contributed by atoms with E-state index in [4.69, 9.17) is 0 Å². The number of likely N-dealkylation sites (tertiary alicyclic amines) is 1. The number of aliphatic hydroxyl groups is 1. The van der Waals surface area contributed by atoms with Crippen molar-refractivity contribution in [2.24, 2.45) is 0 Å². The van der Waals surface area contributed by atoms with Crippen molar-refractivity contribution in [1.29, 1.82) is 0 Å². The molecule has 5 nitrogen and oxygen atoms in total. The van der Waals surface area contributed by atoms with Crippen LogP contribution in [0.2, 0.25) is 0 Å². The molecular weight excluding hydrogens is 278 g/mol. The Balaban J connectivity index is 1.49. The first-order chi connectivity index (χ1) is 10.7. The van der Waals surface area contributed by atoms with E-state index in [2.05, 4.69) is 10.6 Å². The van der Waals surface area contributed by atoms with E-state index in [1.54, 1.807) is 0 Å². The molecule has 2 fully saturated rings. The van der Waals surface area contributed by atoms with E-state index < -0.39 is 0 Å². The molecule has 1 aromatic carbocycles. The molecule has 1 amide bonds. The fraction of sp³-hybridized carbons (Fsp3) is 0.588. The maximum absolute atomic E-state index is 12.4. The summed E-state index contributed by atoms with van der Waals surface area (Å²) < 4.78 is 0. The van der Waals surface area contributed by atoms with Crippen LogP contribution in [0.3, 0.4) is 0 Å². The zero-order valence-corrected chi connectivity index (χ0v) is 12.9. The van der Waals surface area contributed by atoms with Crippen molar-refractivity contribution in [3.05, 3.63) is 35.9 Å². The first kappa shape index (κ1) is 15.5. The molecule has 2 aliphatic rings. The van der Waals surface area contributed by atoms with Gasteiger partial charge in [-0.05, 0) is 37.9 Å². The molecule has 0 radical (unpaired) electrons. The van der Waals surface area contributed by atoms with Gasteiger partial charge in [-0.25, -0.2) is 0 Å². The van der Waals surface area contributed by atoms with Crippen LogP contribution in [0.4, 0.5) is 0 Å². The summed E-state index contributed by atoms with van der Waals surface area (Å²) in [6, 6.07) is 10.00. The summed E-state index contributed by atoms with van der Waals surface area (Å²) in [5.74, 6) is 0.124. The zero-order valence-electron chi connectivity index (χ0n) is 12.9. The Morgan fingerprint density at radius 1 is 1.18 bits per heavy atom. The number of aliphatic hydroxyl groups excluding tert-OH is 1. The fourth-order valence-electron chi connectivity index (χ4n) is 3.33. The number of amides is 1. The number of hydrogen-bond acceptors (Lipinski definition) is 4. The second-order valence-corrected chi connectivity index (χ2v) is 6.27. The van der Waals surface area contributed by atoms with E-state index in [9.17, 15) is 9.90 Å². The van der Waals surface area contributed by atoms with Gasteiger partial charge in [0.15, 0.2) is 0 Å². The van der Waals surface area contributed by atoms with E-state index in [1.165, 1.54) is 0 Å². The molecule has 0 unspecified atom stereocenters. The van der Waals surface area contributed by atoms with Crippen LogP contribution >= 0.6 is 0 Å². The van der Waals surface area contributed by atoms with Crippen molar-refractivity contribution in [2.45, 2.75) is 37.5 Å². The van der Waals surface area contributed by atoms with Gasteiger partial charge in [-0.2, -0.15) is 0 Å². The van der Waals surface area contributed by atoms with Crippen LogP contribution in [0.25, 0.3) is 0 Å². The van der Waals surface area contributed by atoms with Crippen LogP contribution in [0.5, 0.6) is 0 Å². The van der Waals surface area contributed by atoms with E-state index in [0.29, 0.717) is 6.04 Å². The number of carbonyl (C=O) groups is 1. The van der Waals surface area contributed by atoms with Crippen molar-refractivity contribution < 1.29 is 9.90 Å². The minimum Gasteiger partial charge on any atom is -0.391 e. The largest absolute Gasteiger partial charge is 0.391 e. The normalized spacial score (nSPS) is 26.9. The zero-order chi connectivity index (χ0) is 15.4. The van der Waals surface area contributed by atoms with Crippen molar-refractivity contribution >= 4 is 5.91 Å². The van der Waals surface area contributed by atoms with Gasteiger partial charge in [0.2, 0.25) is 0 Å². The molecule has 2 saturated heterocycles. The third-order valence-corrected chi connectivity index (χ3v) is 4.70. The van der Waals surface area contributed by atoms with Gasteiger partial charge in [0.25, 0.3) is 5.91 Å². The first-order valence-electron chi connectivity index (χ1n) is 8.23. The fourth-order valence-corrected chi connectivity index (χ4v) is 3.33. The standard InChI is InChI=1S/C17H25N3O2/c21-16-6-9-18-12-15(16)19-14-7-10-20(11-8-14)17(22)13-4-2-1-3-5-13/h1-5,14-16,18-19,21H,6-12H2/t15-,16+/m0/s1. The molecular formula is C17H25N3O2. The lowest BCUT2D eigenvalue weighted by Crippen LogP contribution is -2.57. The maximum Gasteiger partial charge on any atom is 0.253 e. The van der Waals surface area contributed by atoms with Gasteiger partial charge in [0, 0.05) is 37.3 Å². The van der Waals surface area contributed by atoms with Crippen LogP contribution in [-0.4, -0.2) is 60.3 Å². The van der Waals surface area contributed by atoms with Crippen molar-refractivity contribution in [2.75, 3.05) is 26.2 Å². The average Bonchev–Trinajstić information content (AvgIpc) is 2.58. The molecule has 0 spiro atoms.